The van der Waals surface area contributed by atoms with Crippen LogP contribution >= 0.6 is 0 Å². The molecule has 2 atom stereocenters. The number of hydrogen-bond donors (Lipinski definition) is 1. The lowest BCUT2D eigenvalue weighted by Crippen LogP contribution is -2.40. The van der Waals surface area contributed by atoms with Crippen LogP contribution in [0.1, 0.15) is 168 Å². The summed E-state index contributed by atoms with van der Waals surface area (Å²) in [5.41, 5.74) is 0. The van der Waals surface area contributed by atoms with Gasteiger partial charge in [-0.05, 0) is 122 Å². The number of aliphatic carboxylic acids is 1. The molecule has 9 nitrogen and oxygen atoms in total. The standard InChI is InChI=1S/C66H101NO8/c1-6-8-10-12-14-16-18-20-22-24-25-26-27-28-29-30-31-32-33-34-35-36-37-38-39-41-43-45-47-49-51-53-55-57-64(69)75-62(61-74-66(65(70)71)72-59-58-67(3,4)5)60-73-63(68)56-54-52-50-48-46-44-42-40-23-21-19-17-15-13-11-9-7-2/h8-11,14-17,20-23,25-26,28-29,31-32,34-35,37-38,41-44,48,50,62,66H,6-7,12-13,18-19,24,27,30,33,36,39-40,45-47,49,51-61H2,1-5H3/p+1/b10-8-,11-9-,16-14-,17-15-,22-20-,23-21-,26-25-,29-28-,32-31-,35-34-,38-37-,43-41-,44-42-,50-48-. The molecule has 0 aromatic heterocycles. The number of carboxylic acids is 1. The molecule has 0 aromatic rings. The summed E-state index contributed by atoms with van der Waals surface area (Å²) in [7, 11) is 5.92. The minimum Gasteiger partial charge on any atom is -0.477 e. The average Bonchev–Trinajstić information content (AvgIpc) is 3.38. The Kier molecular flexibility index (Phi) is 51.0. The topological polar surface area (TPSA) is 108 Å². The van der Waals surface area contributed by atoms with Crippen LogP contribution in [-0.4, -0.2) is 87.4 Å². The van der Waals surface area contributed by atoms with Crippen LogP contribution in [0.2, 0.25) is 0 Å². The highest BCUT2D eigenvalue weighted by atomic mass is 16.7. The van der Waals surface area contributed by atoms with Crippen molar-refractivity contribution in [1.82, 2.24) is 0 Å². The smallest absolute Gasteiger partial charge is 0.361 e. The van der Waals surface area contributed by atoms with Crippen molar-refractivity contribution in [2.24, 2.45) is 0 Å². The molecular weight excluding hydrogens is 935 g/mol. The van der Waals surface area contributed by atoms with Gasteiger partial charge in [-0.3, -0.25) is 9.59 Å². The van der Waals surface area contributed by atoms with Gasteiger partial charge >= 0.3 is 17.9 Å². The van der Waals surface area contributed by atoms with Crippen molar-refractivity contribution in [1.29, 1.82) is 0 Å². The number of esters is 2. The maximum atomic E-state index is 12.9. The second-order valence-electron chi connectivity index (χ2n) is 19.1. The van der Waals surface area contributed by atoms with E-state index in [0.29, 0.717) is 23.9 Å². The van der Waals surface area contributed by atoms with Gasteiger partial charge in [-0.15, -0.1) is 0 Å². The second-order valence-corrected chi connectivity index (χ2v) is 19.1. The number of quaternary nitrogens is 1. The highest BCUT2D eigenvalue weighted by molar-refractivity contribution is 5.71. The van der Waals surface area contributed by atoms with Crippen LogP contribution in [-0.2, 0) is 33.3 Å². The van der Waals surface area contributed by atoms with Crippen molar-refractivity contribution < 1.29 is 42.9 Å². The molecule has 0 rings (SSSR count). The molecule has 2 unspecified atom stereocenters. The van der Waals surface area contributed by atoms with E-state index in [9.17, 15) is 19.5 Å². The molecule has 0 spiro atoms. The van der Waals surface area contributed by atoms with Gasteiger partial charge in [0.2, 0.25) is 0 Å². The number of ether oxygens (including phenoxy) is 4. The van der Waals surface area contributed by atoms with E-state index in [-0.39, 0.29) is 32.7 Å². The molecule has 0 heterocycles. The zero-order chi connectivity index (χ0) is 54.8. The first-order valence-electron chi connectivity index (χ1n) is 28.3. The van der Waals surface area contributed by atoms with E-state index in [2.05, 4.69) is 184 Å². The van der Waals surface area contributed by atoms with E-state index in [1.165, 1.54) is 0 Å². The first-order chi connectivity index (χ1) is 36.6. The quantitative estimate of drug-likeness (QED) is 0.0211. The maximum absolute atomic E-state index is 12.9. The van der Waals surface area contributed by atoms with Gasteiger partial charge in [0.05, 0.1) is 34.4 Å². The van der Waals surface area contributed by atoms with Crippen LogP contribution < -0.4 is 0 Å². The SMILES string of the molecule is CC/C=C\C/C=C\C/C=C\C/C=C\C/C=C\C/C=C\C/C=C\C/C=C\C/C=C\CCCCCCCC(=O)OC(COC(=O)CCC/C=C\C/C=C\C/C=C\C/C=C\C/C=C\CC)COC(OCC[N+](C)(C)C)C(=O)O. The molecule has 0 fully saturated rings. The molecule has 0 saturated heterocycles. The van der Waals surface area contributed by atoms with Crippen LogP contribution in [0.5, 0.6) is 0 Å². The van der Waals surface area contributed by atoms with Crippen molar-refractivity contribution in [3.05, 3.63) is 170 Å². The summed E-state index contributed by atoms with van der Waals surface area (Å²) in [5, 5.41) is 9.69. The van der Waals surface area contributed by atoms with E-state index in [1.807, 2.05) is 21.1 Å². The lowest BCUT2D eigenvalue weighted by Gasteiger charge is -2.25. The monoisotopic (exact) mass is 1040 g/mol. The molecule has 9 heteroatoms. The van der Waals surface area contributed by atoms with Crippen LogP contribution in [0.3, 0.4) is 0 Å². The van der Waals surface area contributed by atoms with Crippen LogP contribution in [0.15, 0.2) is 170 Å². The number of unbranched alkanes of at least 4 members (excludes halogenated alkanes) is 6. The molecule has 0 aliphatic carbocycles. The summed E-state index contributed by atoms with van der Waals surface area (Å²) in [6.45, 7) is 4.51. The molecule has 0 saturated carbocycles. The van der Waals surface area contributed by atoms with Gasteiger partial charge in [-0.25, -0.2) is 4.79 Å². The summed E-state index contributed by atoms with van der Waals surface area (Å²) in [5.74, 6) is -2.14. The zero-order valence-corrected chi connectivity index (χ0v) is 47.4. The van der Waals surface area contributed by atoms with Gasteiger partial charge in [-0.2, -0.15) is 0 Å². The van der Waals surface area contributed by atoms with E-state index in [0.717, 1.165) is 128 Å². The third-order valence-corrected chi connectivity index (χ3v) is 11.0. The Labute approximate surface area is 457 Å². The molecule has 0 aliphatic heterocycles. The lowest BCUT2D eigenvalue weighted by molar-refractivity contribution is -0.870. The Hall–Kier alpha value is -5.35. The summed E-state index contributed by atoms with van der Waals surface area (Å²) >= 11 is 0. The van der Waals surface area contributed by atoms with Crippen molar-refractivity contribution in [3.8, 4) is 0 Å². The lowest BCUT2D eigenvalue weighted by atomic mass is 10.1. The van der Waals surface area contributed by atoms with Gasteiger partial charge in [0.1, 0.15) is 13.2 Å². The third kappa shape index (κ3) is 56.2. The van der Waals surface area contributed by atoms with Crippen molar-refractivity contribution in [3.63, 3.8) is 0 Å². The largest absolute Gasteiger partial charge is 0.477 e. The molecular formula is C66H102NO8+. The van der Waals surface area contributed by atoms with Gasteiger partial charge in [-0.1, -0.05) is 203 Å². The van der Waals surface area contributed by atoms with Crippen LogP contribution in [0.4, 0.5) is 0 Å². The first kappa shape index (κ1) is 69.7. The predicted octanol–water partition coefficient (Wildman–Crippen LogP) is 16.8. The highest BCUT2D eigenvalue weighted by Crippen LogP contribution is 2.12. The zero-order valence-electron chi connectivity index (χ0n) is 47.4. The molecule has 0 aromatic carbocycles. The second kappa shape index (κ2) is 54.9. The van der Waals surface area contributed by atoms with Crippen molar-refractivity contribution >= 4 is 17.9 Å². The van der Waals surface area contributed by atoms with Gasteiger partial charge < -0.3 is 28.5 Å². The number of hydrogen-bond acceptors (Lipinski definition) is 7. The first-order valence-corrected chi connectivity index (χ1v) is 28.3. The fourth-order valence-corrected chi connectivity index (χ4v) is 6.69. The third-order valence-electron chi connectivity index (χ3n) is 11.0. The molecule has 0 radical (unpaired) electrons. The van der Waals surface area contributed by atoms with Gasteiger partial charge in [0.25, 0.3) is 6.29 Å². The number of carboxylic acid groups (broad SMARTS) is 1. The summed E-state index contributed by atoms with van der Waals surface area (Å²) in [4.78, 5) is 37.3. The molecule has 1 N–H and O–H groups in total. The van der Waals surface area contributed by atoms with Crippen molar-refractivity contribution in [2.75, 3.05) is 47.5 Å². The van der Waals surface area contributed by atoms with E-state index >= 15 is 0 Å². The van der Waals surface area contributed by atoms with E-state index in [1.54, 1.807) is 0 Å². The summed E-state index contributed by atoms with van der Waals surface area (Å²) < 4.78 is 22.7. The Bertz CT molecular complexity index is 1830. The predicted molar refractivity (Wildman–Crippen MR) is 317 cm³/mol. The van der Waals surface area contributed by atoms with Gasteiger partial charge in [0, 0.05) is 12.8 Å². The number of carbonyl (C=O) groups excluding carboxylic acids is 2. The summed E-state index contributed by atoms with van der Waals surface area (Å²) in [6.07, 6.45) is 80.1. The summed E-state index contributed by atoms with van der Waals surface area (Å²) in [6, 6.07) is 0. The Morgan fingerprint density at radius 3 is 1.11 bits per heavy atom. The number of allylic oxidation sites excluding steroid dienone is 28. The van der Waals surface area contributed by atoms with Crippen LogP contribution in [0.25, 0.3) is 0 Å². The Morgan fingerprint density at radius 2 is 0.733 bits per heavy atom. The number of carbonyl (C=O) groups is 3. The minimum atomic E-state index is -1.54. The highest BCUT2D eigenvalue weighted by Gasteiger charge is 2.25. The molecule has 0 aliphatic rings. The molecule has 0 amide bonds. The van der Waals surface area contributed by atoms with E-state index in [4.69, 9.17) is 18.9 Å². The average molecular weight is 1040 g/mol. The van der Waals surface area contributed by atoms with Crippen molar-refractivity contribution in [2.45, 2.75) is 180 Å². The molecule has 75 heavy (non-hydrogen) atoms. The number of rotatable bonds is 49. The fourth-order valence-electron chi connectivity index (χ4n) is 6.69. The van der Waals surface area contributed by atoms with E-state index < -0.39 is 30.3 Å². The Balaban J connectivity index is 4.40. The van der Waals surface area contributed by atoms with Gasteiger partial charge in [0.15, 0.2) is 6.10 Å². The van der Waals surface area contributed by atoms with Crippen LogP contribution in [0, 0.1) is 0 Å². The Morgan fingerprint density at radius 1 is 0.400 bits per heavy atom. The normalized spacial score (nSPS) is 14.1. The molecule has 418 valence electrons. The molecule has 0 bridgehead atoms. The minimum absolute atomic E-state index is 0.164. The maximum Gasteiger partial charge on any atom is 0.361 e. The number of nitrogens with zero attached hydrogens (tertiary/aromatic N) is 1. The number of likely N-dealkylation sites (N-methyl/N-ethyl adjacent to an activating group) is 1. The fraction of sp³-hybridized carbons (Fsp3) is 0.530.